The third-order valence-electron chi connectivity index (χ3n) is 6.42. The average molecular weight is 416 g/mol. The molecule has 0 unspecified atom stereocenters. The van der Waals surface area contributed by atoms with Gasteiger partial charge in [0, 0.05) is 12.5 Å². The maximum absolute atomic E-state index is 13.1. The lowest BCUT2D eigenvalue weighted by Crippen LogP contribution is -2.47. The van der Waals surface area contributed by atoms with E-state index in [2.05, 4.69) is 45.3 Å². The van der Waals surface area contributed by atoms with Gasteiger partial charge in [-0.05, 0) is 48.5 Å². The summed E-state index contributed by atoms with van der Waals surface area (Å²) in [5.41, 5.74) is 7.06. The van der Waals surface area contributed by atoms with Crippen molar-refractivity contribution < 1.29 is 9.59 Å². The summed E-state index contributed by atoms with van der Waals surface area (Å²) >= 11 is 0. The third kappa shape index (κ3) is 7.12. The summed E-state index contributed by atoms with van der Waals surface area (Å²) in [6.45, 7) is 11.1. The summed E-state index contributed by atoms with van der Waals surface area (Å²) in [7, 11) is 0. The molecule has 30 heavy (non-hydrogen) atoms. The quantitative estimate of drug-likeness (QED) is 0.569. The third-order valence-corrected chi connectivity index (χ3v) is 6.42. The summed E-state index contributed by atoms with van der Waals surface area (Å²) < 4.78 is 0. The first kappa shape index (κ1) is 24.4. The van der Waals surface area contributed by atoms with E-state index in [1.54, 1.807) is 0 Å². The van der Waals surface area contributed by atoms with Gasteiger partial charge in [0.25, 0.3) is 0 Å². The molecule has 0 bridgehead atoms. The molecule has 1 aromatic carbocycles. The first-order valence-electron chi connectivity index (χ1n) is 11.6. The van der Waals surface area contributed by atoms with Crippen LogP contribution in [-0.4, -0.2) is 24.4 Å². The highest BCUT2D eigenvalue weighted by molar-refractivity contribution is 5.82. The van der Waals surface area contributed by atoms with Crippen molar-refractivity contribution in [2.45, 2.75) is 72.4 Å². The van der Waals surface area contributed by atoms with Crippen LogP contribution in [0.4, 0.5) is 0 Å². The molecule has 0 saturated heterocycles. The maximum Gasteiger partial charge on any atom is 0.237 e. The first-order chi connectivity index (χ1) is 14.2. The molecule has 2 amide bonds. The number of amides is 2. The lowest BCUT2D eigenvalue weighted by Gasteiger charge is -2.36. The molecule has 0 radical (unpaired) electrons. The fourth-order valence-corrected chi connectivity index (χ4v) is 4.67. The number of nitrogens with two attached hydrogens (primary N) is 1. The lowest BCUT2D eigenvalue weighted by molar-refractivity contribution is -0.130. The molecule has 1 fully saturated rings. The summed E-state index contributed by atoms with van der Waals surface area (Å²) in [4.78, 5) is 25.8. The van der Waals surface area contributed by atoms with Gasteiger partial charge in [-0.1, -0.05) is 71.4 Å². The van der Waals surface area contributed by atoms with E-state index in [1.165, 1.54) is 6.42 Å². The Bertz CT molecular complexity index is 674. The van der Waals surface area contributed by atoms with Crippen molar-refractivity contribution >= 4 is 11.8 Å². The predicted octanol–water partition coefficient (Wildman–Crippen LogP) is 4.04. The van der Waals surface area contributed by atoms with Gasteiger partial charge in [-0.2, -0.15) is 0 Å². The van der Waals surface area contributed by atoms with Gasteiger partial charge in [-0.25, -0.2) is 0 Å². The predicted molar refractivity (Wildman–Crippen MR) is 123 cm³/mol. The summed E-state index contributed by atoms with van der Waals surface area (Å²) in [6, 6.07) is 8.96. The van der Waals surface area contributed by atoms with E-state index in [-0.39, 0.29) is 23.8 Å². The molecule has 168 valence electrons. The van der Waals surface area contributed by atoms with Crippen LogP contribution in [0.5, 0.6) is 0 Å². The normalized spacial score (nSPS) is 23.8. The second-order valence-corrected chi connectivity index (χ2v) is 9.89. The van der Waals surface area contributed by atoms with Crippen LogP contribution < -0.4 is 16.4 Å². The van der Waals surface area contributed by atoms with Gasteiger partial charge in [0.1, 0.15) is 0 Å². The number of nitrogens with one attached hydrogen (secondary N) is 2. The van der Waals surface area contributed by atoms with E-state index in [4.69, 9.17) is 5.73 Å². The van der Waals surface area contributed by atoms with Gasteiger partial charge < -0.3 is 16.4 Å². The Balaban J connectivity index is 2.06. The largest absolute Gasteiger partial charge is 0.353 e. The molecule has 1 aliphatic carbocycles. The molecule has 0 aromatic heterocycles. The van der Waals surface area contributed by atoms with Crippen molar-refractivity contribution in [1.29, 1.82) is 0 Å². The van der Waals surface area contributed by atoms with Crippen LogP contribution >= 0.6 is 0 Å². The average Bonchev–Trinajstić information content (AvgIpc) is 2.70. The highest BCUT2D eigenvalue weighted by Gasteiger charge is 2.35. The number of benzene rings is 1. The number of hydrogen-bond acceptors (Lipinski definition) is 3. The molecule has 5 heteroatoms. The Hall–Kier alpha value is -1.88. The van der Waals surface area contributed by atoms with Crippen molar-refractivity contribution in [2.75, 3.05) is 6.54 Å². The summed E-state index contributed by atoms with van der Waals surface area (Å²) in [5.74, 6) is 1.83. The minimum absolute atomic E-state index is 0.0454. The Morgan fingerprint density at radius 1 is 1.10 bits per heavy atom. The first-order valence-corrected chi connectivity index (χ1v) is 11.6. The fraction of sp³-hybridized carbons (Fsp3) is 0.680. The number of carbonyl (C=O) groups excluding carboxylic acids is 2. The van der Waals surface area contributed by atoms with Crippen molar-refractivity contribution in [3.8, 4) is 0 Å². The molecule has 1 aliphatic rings. The highest BCUT2D eigenvalue weighted by Crippen LogP contribution is 2.38. The van der Waals surface area contributed by atoms with Crippen LogP contribution in [-0.2, 0) is 9.59 Å². The van der Waals surface area contributed by atoms with E-state index in [0.717, 1.165) is 18.4 Å². The Morgan fingerprint density at radius 3 is 2.37 bits per heavy atom. The van der Waals surface area contributed by atoms with Gasteiger partial charge in [0.15, 0.2) is 0 Å². The summed E-state index contributed by atoms with van der Waals surface area (Å²) in [6.07, 6.45) is 3.88. The van der Waals surface area contributed by atoms with Crippen molar-refractivity contribution in [2.24, 2.45) is 35.3 Å². The minimum Gasteiger partial charge on any atom is -0.353 e. The van der Waals surface area contributed by atoms with E-state index < -0.39 is 6.04 Å². The molecule has 2 rings (SSSR count). The Morgan fingerprint density at radius 2 is 1.77 bits per heavy atom. The van der Waals surface area contributed by atoms with E-state index >= 15 is 0 Å². The molecule has 5 nitrogen and oxygen atoms in total. The monoisotopic (exact) mass is 415 g/mol. The van der Waals surface area contributed by atoms with Gasteiger partial charge in [0.05, 0.1) is 12.1 Å². The minimum atomic E-state index is -0.545. The van der Waals surface area contributed by atoms with Crippen molar-refractivity contribution in [3.05, 3.63) is 35.9 Å². The molecule has 1 aromatic rings. The van der Waals surface area contributed by atoms with Gasteiger partial charge >= 0.3 is 0 Å². The Kier molecular flexibility index (Phi) is 9.35. The second kappa shape index (κ2) is 11.5. The number of rotatable bonds is 9. The molecular weight excluding hydrogens is 374 g/mol. The zero-order valence-electron chi connectivity index (χ0n) is 19.4. The van der Waals surface area contributed by atoms with E-state index in [9.17, 15) is 9.59 Å². The van der Waals surface area contributed by atoms with Crippen LogP contribution in [0.1, 0.15) is 71.9 Å². The van der Waals surface area contributed by atoms with Crippen LogP contribution in [0, 0.1) is 29.6 Å². The Labute approximate surface area is 182 Å². The number of hydrogen-bond donors (Lipinski definition) is 3. The SMILES string of the molecule is CC(C)C[C@@H](N)C(=O)N[C@H](CNC(=O)[C@@H]1C[C@H](C)CC[C@H]1C(C)C)c1ccccc1. The van der Waals surface area contributed by atoms with Crippen LogP contribution in [0.25, 0.3) is 0 Å². The lowest BCUT2D eigenvalue weighted by atomic mass is 9.70. The standard InChI is InChI=1S/C25H41N3O2/c1-16(2)13-22(26)25(30)28-23(19-9-7-6-8-10-19)15-27-24(29)21-14-18(5)11-12-20(21)17(3)4/h6-10,16-18,20-23H,11-15,26H2,1-5H3,(H,27,29)(H,28,30)/t18-,20+,21-,22-,23-/m1/s1. The second-order valence-electron chi connectivity index (χ2n) is 9.89. The molecular formula is C25H41N3O2. The molecule has 1 saturated carbocycles. The van der Waals surface area contributed by atoms with Gasteiger partial charge in [-0.15, -0.1) is 0 Å². The molecule has 0 aliphatic heterocycles. The van der Waals surface area contributed by atoms with Crippen LogP contribution in [0.2, 0.25) is 0 Å². The maximum atomic E-state index is 13.1. The molecule has 5 atom stereocenters. The smallest absolute Gasteiger partial charge is 0.237 e. The summed E-state index contributed by atoms with van der Waals surface area (Å²) in [5, 5.41) is 6.21. The zero-order valence-corrected chi connectivity index (χ0v) is 19.4. The van der Waals surface area contributed by atoms with Gasteiger partial charge in [-0.3, -0.25) is 9.59 Å². The topological polar surface area (TPSA) is 84.2 Å². The van der Waals surface area contributed by atoms with E-state index in [1.807, 2.05) is 30.3 Å². The van der Waals surface area contributed by atoms with Crippen LogP contribution in [0.3, 0.4) is 0 Å². The molecule has 0 spiro atoms. The molecule has 4 N–H and O–H groups in total. The molecule has 0 heterocycles. The zero-order chi connectivity index (χ0) is 22.3. The fourth-order valence-electron chi connectivity index (χ4n) is 4.67. The van der Waals surface area contributed by atoms with Crippen LogP contribution in [0.15, 0.2) is 30.3 Å². The highest BCUT2D eigenvalue weighted by atomic mass is 16.2. The van der Waals surface area contributed by atoms with Crippen molar-refractivity contribution in [1.82, 2.24) is 10.6 Å². The van der Waals surface area contributed by atoms with E-state index in [0.29, 0.717) is 36.6 Å². The van der Waals surface area contributed by atoms with Gasteiger partial charge in [0.2, 0.25) is 11.8 Å². The number of carbonyl (C=O) groups is 2. The van der Waals surface area contributed by atoms with Crippen molar-refractivity contribution in [3.63, 3.8) is 0 Å².